The minimum atomic E-state index is -0.234. The summed E-state index contributed by atoms with van der Waals surface area (Å²) >= 11 is 3.39. The second-order valence-electron chi connectivity index (χ2n) is 3.79. The van der Waals surface area contributed by atoms with Crippen LogP contribution in [0.3, 0.4) is 0 Å². The van der Waals surface area contributed by atoms with Gasteiger partial charge >= 0.3 is 0 Å². The van der Waals surface area contributed by atoms with E-state index in [2.05, 4.69) is 15.9 Å². The van der Waals surface area contributed by atoms with E-state index in [9.17, 15) is 4.39 Å². The van der Waals surface area contributed by atoms with Crippen LogP contribution in [0.2, 0.25) is 0 Å². The summed E-state index contributed by atoms with van der Waals surface area (Å²) in [6, 6.07) is 12.4. The molecule has 0 saturated heterocycles. The van der Waals surface area contributed by atoms with Crippen molar-refractivity contribution in [2.45, 2.75) is 13.5 Å². The fourth-order valence-electron chi connectivity index (χ4n) is 1.55. The van der Waals surface area contributed by atoms with Crippen molar-refractivity contribution in [3.63, 3.8) is 0 Å². The summed E-state index contributed by atoms with van der Waals surface area (Å²) in [5.41, 5.74) is 1.59. The van der Waals surface area contributed by atoms with Gasteiger partial charge in [0.1, 0.15) is 18.2 Å². The topological polar surface area (TPSA) is 9.23 Å². The molecule has 0 aliphatic carbocycles. The van der Waals surface area contributed by atoms with Gasteiger partial charge in [0.2, 0.25) is 0 Å². The lowest BCUT2D eigenvalue weighted by atomic mass is 10.2. The fraction of sp³-hybridized carbons (Fsp3) is 0.143. The molecule has 2 aromatic carbocycles. The Kier molecular flexibility index (Phi) is 3.79. The SMILES string of the molecule is Cc1cc(Br)ccc1OCc1ccccc1F. The lowest BCUT2D eigenvalue weighted by Gasteiger charge is -2.09. The van der Waals surface area contributed by atoms with E-state index >= 15 is 0 Å². The van der Waals surface area contributed by atoms with Crippen molar-refractivity contribution < 1.29 is 9.13 Å². The molecule has 17 heavy (non-hydrogen) atoms. The van der Waals surface area contributed by atoms with Crippen LogP contribution in [-0.2, 0) is 6.61 Å². The maximum atomic E-state index is 13.4. The highest BCUT2D eigenvalue weighted by Gasteiger charge is 2.04. The van der Waals surface area contributed by atoms with Crippen molar-refractivity contribution in [3.8, 4) is 5.75 Å². The summed E-state index contributed by atoms with van der Waals surface area (Å²) in [7, 11) is 0. The number of rotatable bonds is 3. The van der Waals surface area contributed by atoms with Crippen LogP contribution in [0.15, 0.2) is 46.9 Å². The van der Waals surface area contributed by atoms with Crippen LogP contribution in [0.1, 0.15) is 11.1 Å². The van der Waals surface area contributed by atoms with Gasteiger partial charge in [0, 0.05) is 10.0 Å². The number of aryl methyl sites for hydroxylation is 1. The molecule has 3 heteroatoms. The molecule has 0 atom stereocenters. The summed E-state index contributed by atoms with van der Waals surface area (Å²) in [5.74, 6) is 0.540. The normalized spacial score (nSPS) is 10.3. The average Bonchev–Trinajstić information content (AvgIpc) is 2.30. The van der Waals surface area contributed by atoms with Gasteiger partial charge in [-0.05, 0) is 36.8 Å². The second kappa shape index (κ2) is 5.32. The molecular weight excluding hydrogens is 283 g/mol. The van der Waals surface area contributed by atoms with Crippen LogP contribution < -0.4 is 4.74 Å². The molecule has 2 rings (SSSR count). The number of benzene rings is 2. The highest BCUT2D eigenvalue weighted by molar-refractivity contribution is 9.10. The summed E-state index contributed by atoms with van der Waals surface area (Å²) in [6.45, 7) is 2.20. The molecule has 0 spiro atoms. The number of hydrogen-bond acceptors (Lipinski definition) is 1. The quantitative estimate of drug-likeness (QED) is 0.811. The molecule has 0 N–H and O–H groups in total. The van der Waals surface area contributed by atoms with Gasteiger partial charge in [0.25, 0.3) is 0 Å². The molecule has 0 saturated carbocycles. The predicted octanol–water partition coefficient (Wildman–Crippen LogP) is 4.48. The van der Waals surface area contributed by atoms with Gasteiger partial charge in [-0.1, -0.05) is 34.1 Å². The highest BCUT2D eigenvalue weighted by Crippen LogP contribution is 2.23. The predicted molar refractivity (Wildman–Crippen MR) is 69.6 cm³/mol. The van der Waals surface area contributed by atoms with Gasteiger partial charge in [0.05, 0.1) is 0 Å². The Labute approximate surface area is 108 Å². The third kappa shape index (κ3) is 3.07. The molecular formula is C14H12BrFO. The van der Waals surface area contributed by atoms with E-state index in [1.54, 1.807) is 18.2 Å². The van der Waals surface area contributed by atoms with Crippen molar-refractivity contribution in [3.05, 3.63) is 63.9 Å². The lowest BCUT2D eigenvalue weighted by molar-refractivity contribution is 0.298. The van der Waals surface area contributed by atoms with Crippen molar-refractivity contribution in [1.29, 1.82) is 0 Å². The molecule has 0 bridgehead atoms. The summed E-state index contributed by atoms with van der Waals surface area (Å²) in [4.78, 5) is 0. The smallest absolute Gasteiger partial charge is 0.129 e. The zero-order valence-electron chi connectivity index (χ0n) is 9.41. The lowest BCUT2D eigenvalue weighted by Crippen LogP contribution is -1.99. The monoisotopic (exact) mass is 294 g/mol. The molecule has 0 aromatic heterocycles. The van der Waals surface area contributed by atoms with Crippen molar-refractivity contribution >= 4 is 15.9 Å². The fourth-order valence-corrected chi connectivity index (χ4v) is 2.02. The molecule has 0 radical (unpaired) electrons. The number of halogens is 2. The molecule has 2 aromatic rings. The summed E-state index contributed by atoms with van der Waals surface area (Å²) < 4.78 is 20.0. The van der Waals surface area contributed by atoms with Crippen LogP contribution in [0.25, 0.3) is 0 Å². The van der Waals surface area contributed by atoms with Crippen LogP contribution >= 0.6 is 15.9 Å². The Balaban J connectivity index is 2.10. The highest BCUT2D eigenvalue weighted by atomic mass is 79.9. The first-order chi connectivity index (χ1) is 8.16. The maximum Gasteiger partial charge on any atom is 0.129 e. The molecule has 0 heterocycles. The molecule has 0 aliphatic rings. The van der Waals surface area contributed by atoms with E-state index in [0.717, 1.165) is 15.8 Å². The minimum Gasteiger partial charge on any atom is -0.489 e. The molecule has 0 fully saturated rings. The van der Waals surface area contributed by atoms with E-state index in [1.807, 2.05) is 25.1 Å². The molecule has 0 amide bonds. The third-order valence-corrected chi connectivity index (χ3v) is 2.97. The number of ether oxygens (including phenoxy) is 1. The van der Waals surface area contributed by atoms with Crippen LogP contribution in [0.4, 0.5) is 4.39 Å². The van der Waals surface area contributed by atoms with E-state index in [4.69, 9.17) is 4.74 Å². The molecule has 1 nitrogen and oxygen atoms in total. The Hall–Kier alpha value is -1.35. The minimum absolute atomic E-state index is 0.234. The average molecular weight is 295 g/mol. The van der Waals surface area contributed by atoms with Crippen LogP contribution in [-0.4, -0.2) is 0 Å². The van der Waals surface area contributed by atoms with Gasteiger partial charge in [0.15, 0.2) is 0 Å². The largest absolute Gasteiger partial charge is 0.489 e. The first-order valence-electron chi connectivity index (χ1n) is 5.29. The Bertz CT molecular complexity index is 525. The standard InChI is InChI=1S/C14H12BrFO/c1-10-8-12(15)6-7-14(10)17-9-11-4-2-3-5-13(11)16/h2-8H,9H2,1H3. The maximum absolute atomic E-state index is 13.4. The van der Waals surface area contributed by atoms with Crippen LogP contribution in [0, 0.1) is 12.7 Å². The Morgan fingerprint density at radius 2 is 1.94 bits per heavy atom. The third-order valence-electron chi connectivity index (χ3n) is 2.48. The van der Waals surface area contributed by atoms with Crippen molar-refractivity contribution in [2.75, 3.05) is 0 Å². The van der Waals surface area contributed by atoms with Gasteiger partial charge < -0.3 is 4.74 Å². The number of hydrogen-bond donors (Lipinski definition) is 0. The molecule has 0 unspecified atom stereocenters. The van der Waals surface area contributed by atoms with Gasteiger partial charge in [-0.2, -0.15) is 0 Å². The summed E-state index contributed by atoms with van der Waals surface area (Å²) in [5, 5.41) is 0. The first kappa shape index (κ1) is 12.1. The molecule has 0 aliphatic heterocycles. The molecule has 88 valence electrons. The van der Waals surface area contributed by atoms with E-state index in [-0.39, 0.29) is 12.4 Å². The van der Waals surface area contributed by atoms with E-state index in [0.29, 0.717) is 5.56 Å². The van der Waals surface area contributed by atoms with Crippen molar-refractivity contribution in [1.82, 2.24) is 0 Å². The zero-order valence-corrected chi connectivity index (χ0v) is 11.0. The Morgan fingerprint density at radius 3 is 2.65 bits per heavy atom. The van der Waals surface area contributed by atoms with Gasteiger partial charge in [-0.25, -0.2) is 4.39 Å². The second-order valence-corrected chi connectivity index (χ2v) is 4.71. The van der Waals surface area contributed by atoms with E-state index < -0.39 is 0 Å². The van der Waals surface area contributed by atoms with Gasteiger partial charge in [-0.3, -0.25) is 0 Å². The van der Waals surface area contributed by atoms with E-state index in [1.165, 1.54) is 6.07 Å². The van der Waals surface area contributed by atoms with Crippen molar-refractivity contribution in [2.24, 2.45) is 0 Å². The summed E-state index contributed by atoms with van der Waals surface area (Å²) in [6.07, 6.45) is 0. The Morgan fingerprint density at radius 1 is 1.18 bits per heavy atom. The zero-order chi connectivity index (χ0) is 12.3. The first-order valence-corrected chi connectivity index (χ1v) is 6.08. The van der Waals surface area contributed by atoms with Crippen LogP contribution in [0.5, 0.6) is 5.75 Å². The van der Waals surface area contributed by atoms with Gasteiger partial charge in [-0.15, -0.1) is 0 Å².